The first kappa shape index (κ1) is 27.8. The first-order chi connectivity index (χ1) is 17.9. The second kappa shape index (κ2) is 12.0. The number of carboxylic acid groups (broad SMARTS) is 1. The van der Waals surface area contributed by atoms with E-state index >= 15 is 0 Å². The molecule has 38 heavy (non-hydrogen) atoms. The van der Waals surface area contributed by atoms with Crippen molar-refractivity contribution in [3.63, 3.8) is 0 Å². The molecule has 1 aliphatic rings. The Morgan fingerprint density at radius 1 is 1.24 bits per heavy atom. The Hall–Kier alpha value is -4.75. The second-order valence-electron chi connectivity index (χ2n) is 8.74. The first-order valence-corrected chi connectivity index (χ1v) is 11.5. The van der Waals surface area contributed by atoms with Gasteiger partial charge in [0.05, 0.1) is 37.0 Å². The fraction of sp³-hybridized carbons (Fsp3) is 0.333. The van der Waals surface area contributed by atoms with Gasteiger partial charge in [-0.3, -0.25) is 24.5 Å². The number of hydrogen-bond acceptors (Lipinski definition) is 9. The highest BCUT2D eigenvalue weighted by Crippen LogP contribution is 2.31. The predicted octanol–water partition coefficient (Wildman–Crippen LogP) is 1.69. The Kier molecular flexibility index (Phi) is 8.78. The SMILES string of the molecule is Cc1cc(C)c(O)c([C@@H](CC(=O)O)NC(=O)CNC(=O)c2cc(NC3=NCC(F)CN3)cc([N+](=O)[O-])c2)c1. The van der Waals surface area contributed by atoms with Gasteiger partial charge in [-0.2, -0.15) is 0 Å². The maximum atomic E-state index is 13.3. The second-order valence-corrected chi connectivity index (χ2v) is 8.74. The van der Waals surface area contributed by atoms with Crippen molar-refractivity contribution in [1.82, 2.24) is 16.0 Å². The fourth-order valence-corrected chi connectivity index (χ4v) is 3.84. The smallest absolute Gasteiger partial charge is 0.305 e. The van der Waals surface area contributed by atoms with Crippen molar-refractivity contribution in [2.75, 3.05) is 25.0 Å². The maximum Gasteiger partial charge on any atom is 0.305 e. The summed E-state index contributed by atoms with van der Waals surface area (Å²) in [5.41, 5.74) is 1.08. The average molecular weight is 531 g/mol. The summed E-state index contributed by atoms with van der Waals surface area (Å²) < 4.78 is 13.3. The number of alkyl halides is 1. The summed E-state index contributed by atoms with van der Waals surface area (Å²) in [6.07, 6.45) is -1.68. The van der Waals surface area contributed by atoms with Crippen molar-refractivity contribution in [3.05, 3.63) is 62.7 Å². The molecule has 2 aromatic rings. The lowest BCUT2D eigenvalue weighted by Gasteiger charge is -2.20. The number of nitrogens with zero attached hydrogens (tertiary/aromatic N) is 2. The van der Waals surface area contributed by atoms with Crippen molar-refractivity contribution in [2.45, 2.75) is 32.5 Å². The monoisotopic (exact) mass is 530 g/mol. The Morgan fingerprint density at radius 3 is 2.61 bits per heavy atom. The van der Waals surface area contributed by atoms with Crippen molar-refractivity contribution < 1.29 is 33.9 Å². The number of carbonyl (C=O) groups is 3. The van der Waals surface area contributed by atoms with Gasteiger partial charge in [-0.15, -0.1) is 0 Å². The Bertz CT molecular complexity index is 1300. The van der Waals surface area contributed by atoms with Crippen LogP contribution in [-0.2, 0) is 9.59 Å². The topological polar surface area (TPSA) is 195 Å². The molecule has 0 fully saturated rings. The number of nitro groups is 1. The number of hydrogen-bond donors (Lipinski definition) is 6. The van der Waals surface area contributed by atoms with Gasteiger partial charge in [-0.1, -0.05) is 17.7 Å². The standard InChI is InChI=1S/C24H27FN6O7/c1-12-3-13(2)22(35)18(4-12)19(8-21(33)34)30-20(32)11-26-23(36)14-5-16(7-17(6-14)31(37)38)29-24-27-9-15(25)10-28-24/h3-7,15,19,35H,8-11H2,1-2H3,(H,26,36)(H,30,32)(H,33,34)(H2,27,28,29)/t19-/m1/s1. The number of aliphatic imine (C=N–C) groups is 1. The summed E-state index contributed by atoms with van der Waals surface area (Å²) in [6, 6.07) is 5.68. The molecule has 0 radical (unpaired) electrons. The first-order valence-electron chi connectivity index (χ1n) is 11.5. The summed E-state index contributed by atoms with van der Waals surface area (Å²) in [5.74, 6) is -2.73. The number of benzene rings is 2. The van der Waals surface area contributed by atoms with E-state index in [4.69, 9.17) is 0 Å². The molecule has 0 spiro atoms. The molecule has 0 aliphatic carbocycles. The van der Waals surface area contributed by atoms with Gasteiger partial charge in [0.15, 0.2) is 5.96 Å². The van der Waals surface area contributed by atoms with E-state index in [-0.39, 0.29) is 41.6 Å². The zero-order valence-electron chi connectivity index (χ0n) is 20.6. The van der Waals surface area contributed by atoms with Gasteiger partial charge < -0.3 is 31.5 Å². The van der Waals surface area contributed by atoms with Gasteiger partial charge in [0.1, 0.15) is 11.9 Å². The number of guanidine groups is 1. The Labute approximate surface area is 216 Å². The minimum absolute atomic E-state index is 0.00593. The molecule has 202 valence electrons. The number of phenolic OH excluding ortho intramolecular Hbond substituents is 1. The number of phenols is 1. The van der Waals surface area contributed by atoms with Crippen molar-refractivity contribution in [2.24, 2.45) is 4.99 Å². The van der Waals surface area contributed by atoms with E-state index in [1.54, 1.807) is 26.0 Å². The number of anilines is 1. The minimum atomic E-state index is -1.21. The number of aromatic hydroxyl groups is 1. The number of aliphatic carboxylic acids is 1. The molecular formula is C24H27FN6O7. The number of halogens is 1. The minimum Gasteiger partial charge on any atom is -0.507 e. The van der Waals surface area contributed by atoms with Crippen molar-refractivity contribution >= 4 is 35.1 Å². The third kappa shape index (κ3) is 7.38. The fourth-order valence-electron chi connectivity index (χ4n) is 3.84. The zero-order valence-corrected chi connectivity index (χ0v) is 20.6. The molecule has 1 unspecified atom stereocenters. The summed E-state index contributed by atoms with van der Waals surface area (Å²) in [5, 5.41) is 41.4. The number of non-ortho nitro benzene ring substituents is 1. The molecule has 2 amide bonds. The molecule has 14 heteroatoms. The maximum absolute atomic E-state index is 13.3. The number of aryl methyl sites for hydroxylation is 2. The number of nitro benzene ring substituents is 1. The highest BCUT2D eigenvalue weighted by atomic mass is 19.1. The summed E-state index contributed by atoms with van der Waals surface area (Å²) in [4.78, 5) is 51.3. The van der Waals surface area contributed by atoms with Crippen LogP contribution >= 0.6 is 0 Å². The van der Waals surface area contributed by atoms with Crippen LogP contribution in [0.1, 0.15) is 39.5 Å². The van der Waals surface area contributed by atoms with Crippen LogP contribution in [0.3, 0.4) is 0 Å². The number of nitrogens with one attached hydrogen (secondary N) is 4. The molecular weight excluding hydrogens is 503 g/mol. The normalized spacial score (nSPS) is 15.4. The van der Waals surface area contributed by atoms with Gasteiger partial charge in [0.25, 0.3) is 11.6 Å². The van der Waals surface area contributed by atoms with Gasteiger partial charge in [0, 0.05) is 28.9 Å². The lowest BCUT2D eigenvalue weighted by atomic mass is 9.97. The van der Waals surface area contributed by atoms with Crippen LogP contribution in [0.25, 0.3) is 0 Å². The van der Waals surface area contributed by atoms with E-state index in [1.807, 2.05) is 0 Å². The molecule has 13 nitrogen and oxygen atoms in total. The number of carboxylic acids is 1. The van der Waals surface area contributed by atoms with E-state index in [9.17, 15) is 39.1 Å². The zero-order chi connectivity index (χ0) is 28.0. The highest BCUT2D eigenvalue weighted by molar-refractivity contribution is 6.00. The van der Waals surface area contributed by atoms with E-state index in [1.165, 1.54) is 12.1 Å². The Balaban J connectivity index is 1.72. The lowest BCUT2D eigenvalue weighted by Crippen LogP contribution is -2.41. The molecule has 1 heterocycles. The third-order valence-corrected chi connectivity index (χ3v) is 5.57. The quantitative estimate of drug-likeness (QED) is 0.206. The lowest BCUT2D eigenvalue weighted by molar-refractivity contribution is -0.384. The van der Waals surface area contributed by atoms with Crippen LogP contribution in [0.15, 0.2) is 35.3 Å². The predicted molar refractivity (Wildman–Crippen MR) is 135 cm³/mol. The Morgan fingerprint density at radius 2 is 1.97 bits per heavy atom. The number of rotatable bonds is 9. The molecule has 2 atom stereocenters. The summed E-state index contributed by atoms with van der Waals surface area (Å²) in [7, 11) is 0. The van der Waals surface area contributed by atoms with Crippen LogP contribution in [0.5, 0.6) is 5.75 Å². The summed E-state index contributed by atoms with van der Waals surface area (Å²) in [6.45, 7) is 2.74. The molecule has 0 saturated carbocycles. The molecule has 0 saturated heterocycles. The molecule has 0 bridgehead atoms. The number of amides is 2. The third-order valence-electron chi connectivity index (χ3n) is 5.57. The average Bonchev–Trinajstić information content (AvgIpc) is 2.85. The van der Waals surface area contributed by atoms with Crippen LogP contribution in [0, 0.1) is 24.0 Å². The van der Waals surface area contributed by atoms with Crippen LogP contribution in [-0.4, -0.2) is 64.7 Å². The van der Waals surface area contributed by atoms with E-state index < -0.39 is 53.6 Å². The largest absolute Gasteiger partial charge is 0.507 e. The van der Waals surface area contributed by atoms with Crippen molar-refractivity contribution in [1.29, 1.82) is 0 Å². The van der Waals surface area contributed by atoms with Gasteiger partial charge in [-0.25, -0.2) is 9.38 Å². The van der Waals surface area contributed by atoms with E-state index in [2.05, 4.69) is 26.3 Å². The van der Waals surface area contributed by atoms with E-state index in [0.29, 0.717) is 5.56 Å². The van der Waals surface area contributed by atoms with Gasteiger partial charge in [-0.05, 0) is 25.5 Å². The molecule has 1 aliphatic heterocycles. The number of carbonyl (C=O) groups excluding carboxylic acids is 2. The molecule has 0 aromatic heterocycles. The molecule has 3 rings (SSSR count). The van der Waals surface area contributed by atoms with Crippen molar-refractivity contribution in [3.8, 4) is 5.75 Å². The van der Waals surface area contributed by atoms with Gasteiger partial charge >= 0.3 is 5.97 Å². The molecule has 6 N–H and O–H groups in total. The summed E-state index contributed by atoms with van der Waals surface area (Å²) >= 11 is 0. The van der Waals surface area contributed by atoms with Crippen LogP contribution in [0.4, 0.5) is 15.8 Å². The van der Waals surface area contributed by atoms with Crippen LogP contribution < -0.4 is 21.3 Å². The highest BCUT2D eigenvalue weighted by Gasteiger charge is 2.23. The van der Waals surface area contributed by atoms with Crippen LogP contribution in [0.2, 0.25) is 0 Å². The molecule has 2 aromatic carbocycles. The van der Waals surface area contributed by atoms with E-state index in [0.717, 1.165) is 11.6 Å². The van der Waals surface area contributed by atoms with Gasteiger partial charge in [0.2, 0.25) is 5.91 Å².